The second-order valence-corrected chi connectivity index (χ2v) is 6.77. The summed E-state index contributed by atoms with van der Waals surface area (Å²) >= 11 is 0. The third kappa shape index (κ3) is 3.69. The van der Waals surface area contributed by atoms with E-state index in [1.54, 1.807) is 41.6 Å². The summed E-state index contributed by atoms with van der Waals surface area (Å²) in [6.07, 6.45) is 4.00. The van der Waals surface area contributed by atoms with Crippen molar-refractivity contribution in [2.75, 3.05) is 6.61 Å². The summed E-state index contributed by atoms with van der Waals surface area (Å²) in [7, 11) is 0. The fraction of sp³-hybridized carbons (Fsp3) is 0.238. The number of carbonyl (C=O) groups is 1. The highest BCUT2D eigenvalue weighted by Gasteiger charge is 2.31. The fourth-order valence-corrected chi connectivity index (χ4v) is 3.34. The zero-order chi connectivity index (χ0) is 18.8. The van der Waals surface area contributed by atoms with Gasteiger partial charge in [0.05, 0.1) is 6.04 Å². The van der Waals surface area contributed by atoms with Crippen molar-refractivity contribution in [2.45, 2.75) is 25.9 Å². The Hall–Kier alpha value is -3.15. The number of hydrogen-bond acceptors (Lipinski definition) is 3. The van der Waals surface area contributed by atoms with Crippen LogP contribution in [0.2, 0.25) is 0 Å². The van der Waals surface area contributed by atoms with Gasteiger partial charge in [0.25, 0.3) is 5.91 Å². The first-order valence-corrected chi connectivity index (χ1v) is 8.87. The molecule has 1 unspecified atom stereocenters. The molecule has 138 valence electrons. The van der Waals surface area contributed by atoms with Crippen LogP contribution in [-0.2, 0) is 13.0 Å². The van der Waals surface area contributed by atoms with Gasteiger partial charge >= 0.3 is 0 Å². The van der Waals surface area contributed by atoms with Gasteiger partial charge in [0.15, 0.2) is 0 Å². The molecule has 5 nitrogen and oxygen atoms in total. The van der Waals surface area contributed by atoms with Gasteiger partial charge < -0.3 is 14.6 Å². The lowest BCUT2D eigenvalue weighted by molar-refractivity contribution is 0.0557. The van der Waals surface area contributed by atoms with E-state index in [0.717, 1.165) is 16.7 Å². The van der Waals surface area contributed by atoms with Crippen molar-refractivity contribution in [3.8, 4) is 5.88 Å². The van der Waals surface area contributed by atoms with Crippen molar-refractivity contribution < 1.29 is 13.9 Å². The van der Waals surface area contributed by atoms with E-state index >= 15 is 0 Å². The van der Waals surface area contributed by atoms with Gasteiger partial charge in [0.1, 0.15) is 18.1 Å². The number of ether oxygens (including phenoxy) is 1. The first kappa shape index (κ1) is 17.3. The van der Waals surface area contributed by atoms with E-state index in [1.807, 2.05) is 19.1 Å². The van der Waals surface area contributed by atoms with Crippen molar-refractivity contribution in [1.29, 1.82) is 0 Å². The molecule has 1 aliphatic heterocycles. The number of nitrogens with one attached hydrogen (secondary N) is 1. The number of pyridine rings is 1. The molecule has 3 heterocycles. The number of hydrogen-bond donors (Lipinski definition) is 1. The van der Waals surface area contributed by atoms with Crippen LogP contribution in [0.5, 0.6) is 5.88 Å². The normalized spacial score (nSPS) is 16.1. The molecule has 1 aliphatic rings. The monoisotopic (exact) mass is 365 g/mol. The van der Waals surface area contributed by atoms with Crippen LogP contribution in [0.25, 0.3) is 0 Å². The molecule has 0 radical (unpaired) electrons. The lowest BCUT2D eigenvalue weighted by Crippen LogP contribution is -2.47. The van der Waals surface area contributed by atoms with Crippen LogP contribution >= 0.6 is 0 Å². The molecule has 6 heteroatoms. The van der Waals surface area contributed by atoms with E-state index in [4.69, 9.17) is 4.74 Å². The standard InChI is InChI=1S/C21H20FN3O2/c1-14-4-7-20(24-11-14)27-13-18-10-16-9-17(22)6-5-15(16)12-25(18)21(26)19-3-2-8-23-19/h2-9,11,18,23H,10,12-13H2,1H3. The van der Waals surface area contributed by atoms with Gasteiger partial charge in [-0.25, -0.2) is 9.37 Å². The van der Waals surface area contributed by atoms with Gasteiger partial charge in [-0.2, -0.15) is 0 Å². The van der Waals surface area contributed by atoms with E-state index in [1.165, 1.54) is 6.07 Å². The number of fused-ring (bicyclic) bond motifs is 1. The second-order valence-electron chi connectivity index (χ2n) is 6.77. The molecular formula is C21H20FN3O2. The lowest BCUT2D eigenvalue weighted by atomic mass is 9.94. The summed E-state index contributed by atoms with van der Waals surface area (Å²) in [5.74, 6) is 0.149. The summed E-state index contributed by atoms with van der Waals surface area (Å²) in [4.78, 5) is 21.9. The third-order valence-corrected chi connectivity index (χ3v) is 4.80. The highest BCUT2D eigenvalue weighted by Crippen LogP contribution is 2.26. The van der Waals surface area contributed by atoms with Gasteiger partial charge in [-0.05, 0) is 54.3 Å². The number of rotatable bonds is 4. The van der Waals surface area contributed by atoms with Crippen molar-refractivity contribution in [2.24, 2.45) is 0 Å². The maximum Gasteiger partial charge on any atom is 0.270 e. The molecule has 1 N–H and O–H groups in total. The minimum absolute atomic E-state index is 0.0968. The van der Waals surface area contributed by atoms with E-state index in [9.17, 15) is 9.18 Å². The molecule has 1 atom stereocenters. The fourth-order valence-electron chi connectivity index (χ4n) is 3.34. The Morgan fingerprint density at radius 3 is 2.93 bits per heavy atom. The van der Waals surface area contributed by atoms with Gasteiger partial charge in [-0.15, -0.1) is 0 Å². The number of H-pyrrole nitrogens is 1. The Bertz CT molecular complexity index is 939. The number of aryl methyl sites for hydroxylation is 1. The Morgan fingerprint density at radius 1 is 1.30 bits per heavy atom. The second kappa shape index (κ2) is 7.23. The number of nitrogens with zero attached hydrogens (tertiary/aromatic N) is 2. The summed E-state index contributed by atoms with van der Waals surface area (Å²) in [6, 6.07) is 11.8. The molecule has 0 fully saturated rings. The Kier molecular flexibility index (Phi) is 4.62. The van der Waals surface area contributed by atoms with E-state index in [-0.39, 0.29) is 17.8 Å². The van der Waals surface area contributed by atoms with Crippen molar-refractivity contribution in [3.63, 3.8) is 0 Å². The Labute approximate surface area is 156 Å². The maximum atomic E-state index is 13.7. The predicted molar refractivity (Wildman–Crippen MR) is 99.0 cm³/mol. The zero-order valence-electron chi connectivity index (χ0n) is 15.0. The Balaban J connectivity index is 1.58. The molecule has 0 spiro atoms. The molecule has 0 saturated carbocycles. The first-order valence-electron chi connectivity index (χ1n) is 8.87. The quantitative estimate of drug-likeness (QED) is 0.770. The number of benzene rings is 1. The molecule has 0 saturated heterocycles. The predicted octanol–water partition coefficient (Wildman–Crippen LogP) is 3.50. The van der Waals surface area contributed by atoms with Crippen LogP contribution in [0.1, 0.15) is 27.2 Å². The average Bonchev–Trinajstić information content (AvgIpc) is 3.21. The van der Waals surface area contributed by atoms with Gasteiger partial charge in [0, 0.05) is 25.0 Å². The zero-order valence-corrected chi connectivity index (χ0v) is 15.0. The summed E-state index contributed by atoms with van der Waals surface area (Å²) in [5, 5.41) is 0. The molecule has 27 heavy (non-hydrogen) atoms. The number of carbonyl (C=O) groups excluding carboxylic acids is 1. The molecule has 4 rings (SSSR count). The SMILES string of the molecule is Cc1ccc(OCC2Cc3cc(F)ccc3CN2C(=O)c2ccc[nH]2)nc1. The van der Waals surface area contributed by atoms with Gasteiger partial charge in [-0.3, -0.25) is 4.79 Å². The number of halogens is 1. The molecule has 0 bridgehead atoms. The molecule has 1 aromatic carbocycles. The van der Waals surface area contributed by atoms with Crippen LogP contribution in [0.4, 0.5) is 4.39 Å². The topological polar surface area (TPSA) is 58.2 Å². The highest BCUT2D eigenvalue weighted by molar-refractivity contribution is 5.92. The summed E-state index contributed by atoms with van der Waals surface area (Å²) in [6.45, 7) is 2.67. The van der Waals surface area contributed by atoms with E-state index < -0.39 is 0 Å². The largest absolute Gasteiger partial charge is 0.475 e. The van der Waals surface area contributed by atoms with Crippen LogP contribution in [-0.4, -0.2) is 33.4 Å². The van der Waals surface area contributed by atoms with Crippen LogP contribution in [0, 0.1) is 12.7 Å². The van der Waals surface area contributed by atoms with E-state index in [2.05, 4.69) is 9.97 Å². The van der Waals surface area contributed by atoms with Gasteiger partial charge in [0.2, 0.25) is 5.88 Å². The first-order chi connectivity index (χ1) is 13.1. The van der Waals surface area contributed by atoms with Gasteiger partial charge in [-0.1, -0.05) is 12.1 Å². The average molecular weight is 365 g/mol. The van der Waals surface area contributed by atoms with Crippen molar-refractivity contribution in [3.05, 3.63) is 83.1 Å². The van der Waals surface area contributed by atoms with Crippen molar-refractivity contribution in [1.82, 2.24) is 14.9 Å². The van der Waals surface area contributed by atoms with E-state index in [0.29, 0.717) is 31.1 Å². The molecule has 0 aliphatic carbocycles. The lowest BCUT2D eigenvalue weighted by Gasteiger charge is -2.36. The molecular weight excluding hydrogens is 345 g/mol. The third-order valence-electron chi connectivity index (χ3n) is 4.80. The van der Waals surface area contributed by atoms with Crippen LogP contribution < -0.4 is 4.74 Å². The smallest absolute Gasteiger partial charge is 0.270 e. The van der Waals surface area contributed by atoms with Crippen molar-refractivity contribution >= 4 is 5.91 Å². The molecule has 1 amide bonds. The molecule has 2 aromatic heterocycles. The summed E-state index contributed by atoms with van der Waals surface area (Å²) < 4.78 is 19.5. The number of aromatic amines is 1. The maximum absolute atomic E-state index is 13.7. The summed E-state index contributed by atoms with van der Waals surface area (Å²) in [5.41, 5.74) is 3.45. The minimum Gasteiger partial charge on any atom is -0.475 e. The Morgan fingerprint density at radius 2 is 2.19 bits per heavy atom. The number of amides is 1. The molecule has 3 aromatic rings. The van der Waals surface area contributed by atoms with Crippen LogP contribution in [0.3, 0.4) is 0 Å². The highest BCUT2D eigenvalue weighted by atomic mass is 19.1. The number of aromatic nitrogens is 2. The minimum atomic E-state index is -0.266. The van der Waals surface area contributed by atoms with Crippen LogP contribution in [0.15, 0.2) is 54.9 Å².